The molecule has 0 bridgehead atoms. The van der Waals surface area contributed by atoms with Crippen molar-refractivity contribution in [1.82, 2.24) is 18.9 Å². The number of piperidine rings is 1. The molecule has 0 unspecified atom stereocenters. The Morgan fingerprint density at radius 2 is 1.69 bits per heavy atom. The first-order valence-electron chi connectivity index (χ1n) is 14.3. The number of ether oxygens (including phenoxy) is 1. The zero-order chi connectivity index (χ0) is 29.4. The van der Waals surface area contributed by atoms with E-state index in [1.54, 1.807) is 4.90 Å². The van der Waals surface area contributed by atoms with Gasteiger partial charge in [-0.15, -0.1) is 0 Å². The molecule has 0 N–H and O–H groups in total. The van der Waals surface area contributed by atoms with Crippen LogP contribution in [0.3, 0.4) is 0 Å². The van der Waals surface area contributed by atoms with E-state index < -0.39 is 17.1 Å². The number of likely N-dealkylation sites (tertiary alicyclic amines) is 1. The van der Waals surface area contributed by atoms with Crippen LogP contribution in [0.4, 0.5) is 4.39 Å². The van der Waals surface area contributed by atoms with E-state index in [9.17, 15) is 23.6 Å². The highest BCUT2D eigenvalue weighted by molar-refractivity contribution is 6.33. The maximum Gasteiger partial charge on any atom is 0.331 e. The first-order valence-corrected chi connectivity index (χ1v) is 14.7. The van der Waals surface area contributed by atoms with Gasteiger partial charge in [-0.25, -0.2) is 9.18 Å². The third-order valence-electron chi connectivity index (χ3n) is 8.59. The lowest BCUT2D eigenvalue weighted by Gasteiger charge is -2.38. The van der Waals surface area contributed by atoms with Gasteiger partial charge in [0.2, 0.25) is 11.8 Å². The number of benzene rings is 2. The highest BCUT2D eigenvalue weighted by atomic mass is 35.5. The van der Waals surface area contributed by atoms with Crippen molar-refractivity contribution >= 4 is 23.4 Å². The fraction of sp³-hybridized carbons (Fsp3) is 0.419. The molecule has 2 aromatic carbocycles. The van der Waals surface area contributed by atoms with E-state index in [2.05, 4.69) is 6.07 Å². The Morgan fingerprint density at radius 1 is 0.952 bits per heavy atom. The number of hydrogen-bond donors (Lipinski definition) is 0. The maximum atomic E-state index is 14.3. The fourth-order valence-electron chi connectivity index (χ4n) is 6.14. The third-order valence-corrected chi connectivity index (χ3v) is 8.98. The van der Waals surface area contributed by atoms with Gasteiger partial charge in [0, 0.05) is 49.9 Å². The summed E-state index contributed by atoms with van der Waals surface area (Å²) in [5, 5.41) is -0.224. The van der Waals surface area contributed by atoms with Crippen LogP contribution in [0, 0.1) is 11.7 Å². The number of amides is 2. The molecule has 11 heteroatoms. The van der Waals surface area contributed by atoms with Crippen LogP contribution in [0.25, 0.3) is 11.1 Å². The smallest absolute Gasteiger partial charge is 0.331 e. The summed E-state index contributed by atoms with van der Waals surface area (Å²) in [6.45, 7) is 2.28. The van der Waals surface area contributed by atoms with Gasteiger partial charge in [0.25, 0.3) is 5.56 Å². The first-order chi connectivity index (χ1) is 20.3. The normalized spacial score (nSPS) is 18.0. The van der Waals surface area contributed by atoms with Crippen LogP contribution in [0.5, 0.6) is 0 Å². The summed E-state index contributed by atoms with van der Waals surface area (Å²) < 4.78 is 21.8. The van der Waals surface area contributed by atoms with Gasteiger partial charge < -0.3 is 14.5 Å². The molecular weight excluding hydrogens is 563 g/mol. The minimum Gasteiger partial charge on any atom is -0.381 e. The van der Waals surface area contributed by atoms with E-state index in [1.165, 1.54) is 34.5 Å². The Morgan fingerprint density at radius 3 is 2.40 bits per heavy atom. The van der Waals surface area contributed by atoms with Gasteiger partial charge in [0.1, 0.15) is 12.4 Å². The maximum absolute atomic E-state index is 14.3. The predicted molar refractivity (Wildman–Crippen MR) is 155 cm³/mol. The van der Waals surface area contributed by atoms with Crippen molar-refractivity contribution in [1.29, 1.82) is 0 Å². The number of carbonyl (C=O) groups excluding carboxylic acids is 2. The standard InChI is InChI=1S/C31H32ClFN4O5/c32-29-24(6-3-7-26(29)33)25-16-35(31(41)37(30(25)40)15-20-18-42-19-20)17-28(39)34-11-9-23(10-12-34)36-13-8-21-4-1-2-5-22(21)14-27(36)38/h1-7,16,20,23H,8-15,17-19H2. The second kappa shape index (κ2) is 11.9. The number of hydrogen-bond acceptors (Lipinski definition) is 5. The van der Waals surface area contributed by atoms with Crippen LogP contribution in [0.1, 0.15) is 24.0 Å². The summed E-state index contributed by atoms with van der Waals surface area (Å²) in [7, 11) is 0. The minimum absolute atomic E-state index is 0.00805. The molecule has 9 nitrogen and oxygen atoms in total. The summed E-state index contributed by atoms with van der Waals surface area (Å²) >= 11 is 6.21. The van der Waals surface area contributed by atoms with Crippen molar-refractivity contribution in [2.45, 2.75) is 44.8 Å². The molecule has 3 aliphatic rings. The number of aromatic nitrogens is 2. The average molecular weight is 595 g/mol. The van der Waals surface area contributed by atoms with Gasteiger partial charge in [-0.2, -0.15) is 0 Å². The van der Waals surface area contributed by atoms with E-state index in [4.69, 9.17) is 16.3 Å². The Bertz CT molecular complexity index is 1640. The van der Waals surface area contributed by atoms with Crippen molar-refractivity contribution in [3.05, 3.63) is 91.5 Å². The summed E-state index contributed by atoms with van der Waals surface area (Å²) in [4.78, 5) is 56.9. The minimum atomic E-state index is -0.684. The average Bonchev–Trinajstić information content (AvgIpc) is 3.13. The van der Waals surface area contributed by atoms with Crippen molar-refractivity contribution in [2.75, 3.05) is 32.8 Å². The topological polar surface area (TPSA) is 93.8 Å². The molecule has 0 saturated carbocycles. The van der Waals surface area contributed by atoms with Crippen LogP contribution in [-0.2, 0) is 40.3 Å². The van der Waals surface area contributed by atoms with Crippen LogP contribution >= 0.6 is 11.6 Å². The Balaban J connectivity index is 1.19. The second-order valence-corrected chi connectivity index (χ2v) is 11.6. The second-order valence-electron chi connectivity index (χ2n) is 11.3. The number of fused-ring (bicyclic) bond motifs is 1. The van der Waals surface area contributed by atoms with E-state index in [1.807, 2.05) is 23.1 Å². The van der Waals surface area contributed by atoms with Crippen molar-refractivity contribution < 1.29 is 18.7 Å². The van der Waals surface area contributed by atoms with Crippen LogP contribution in [0.15, 0.2) is 58.3 Å². The molecule has 0 aliphatic carbocycles. The summed E-state index contributed by atoms with van der Waals surface area (Å²) in [6.07, 6.45) is 3.79. The van der Waals surface area contributed by atoms with Crippen molar-refractivity contribution in [3.63, 3.8) is 0 Å². The molecule has 3 aliphatic heterocycles. The van der Waals surface area contributed by atoms with Crippen molar-refractivity contribution in [3.8, 4) is 11.1 Å². The van der Waals surface area contributed by atoms with E-state index >= 15 is 0 Å². The lowest BCUT2D eigenvalue weighted by atomic mass is 10.0. The monoisotopic (exact) mass is 594 g/mol. The third kappa shape index (κ3) is 5.53. The zero-order valence-electron chi connectivity index (χ0n) is 23.1. The van der Waals surface area contributed by atoms with Gasteiger partial charge in [0.05, 0.1) is 30.2 Å². The fourth-order valence-corrected chi connectivity index (χ4v) is 6.36. The van der Waals surface area contributed by atoms with Gasteiger partial charge in [0.15, 0.2) is 0 Å². The van der Waals surface area contributed by atoms with Gasteiger partial charge >= 0.3 is 5.69 Å². The van der Waals surface area contributed by atoms with Crippen LogP contribution in [-0.4, -0.2) is 69.6 Å². The molecular formula is C31H32ClFN4O5. The first kappa shape index (κ1) is 28.4. The van der Waals surface area contributed by atoms with Gasteiger partial charge in [-0.05, 0) is 36.5 Å². The Labute approximate surface area is 247 Å². The molecule has 2 amide bonds. The molecule has 2 fully saturated rings. The zero-order valence-corrected chi connectivity index (χ0v) is 23.9. The molecule has 0 spiro atoms. The number of nitrogens with zero attached hydrogens (tertiary/aromatic N) is 4. The molecule has 6 rings (SSSR count). The lowest BCUT2D eigenvalue weighted by molar-refractivity contribution is -0.136. The van der Waals surface area contributed by atoms with E-state index in [0.717, 1.165) is 16.6 Å². The van der Waals surface area contributed by atoms with E-state index in [0.29, 0.717) is 52.1 Å². The largest absolute Gasteiger partial charge is 0.381 e. The Hall–Kier alpha value is -3.76. The molecule has 1 aromatic heterocycles. The van der Waals surface area contributed by atoms with Crippen molar-refractivity contribution in [2.24, 2.45) is 5.92 Å². The lowest BCUT2D eigenvalue weighted by Crippen LogP contribution is -2.51. The molecule has 220 valence electrons. The SMILES string of the molecule is O=C(Cn1cc(-c2cccc(F)c2Cl)c(=O)n(CC2COC2)c1=O)N1CCC(N2CCc3ccccc3CC2=O)CC1. The molecule has 42 heavy (non-hydrogen) atoms. The molecule has 0 radical (unpaired) electrons. The summed E-state index contributed by atoms with van der Waals surface area (Å²) in [5.74, 6) is -0.847. The van der Waals surface area contributed by atoms with E-state index in [-0.39, 0.29) is 53.0 Å². The molecule has 4 heterocycles. The van der Waals surface area contributed by atoms with Gasteiger partial charge in [-0.3, -0.25) is 23.5 Å². The van der Waals surface area contributed by atoms with Crippen LogP contribution < -0.4 is 11.2 Å². The molecule has 2 saturated heterocycles. The number of rotatable bonds is 6. The Kier molecular flexibility index (Phi) is 8.00. The predicted octanol–water partition coefficient (Wildman–Crippen LogP) is 2.73. The number of carbonyl (C=O) groups is 2. The molecule has 0 atom stereocenters. The highest BCUT2D eigenvalue weighted by Gasteiger charge is 2.32. The quantitative estimate of drug-likeness (QED) is 0.438. The summed E-state index contributed by atoms with van der Waals surface area (Å²) in [5.41, 5.74) is 1.29. The number of halogens is 2. The summed E-state index contributed by atoms with van der Waals surface area (Å²) in [6, 6.07) is 12.2. The van der Waals surface area contributed by atoms with Crippen LogP contribution in [0.2, 0.25) is 5.02 Å². The van der Waals surface area contributed by atoms with Gasteiger partial charge in [-0.1, -0.05) is 48.0 Å². The highest BCUT2D eigenvalue weighted by Crippen LogP contribution is 2.28. The molecule has 3 aromatic rings.